The van der Waals surface area contributed by atoms with Crippen LogP contribution >= 0.6 is 0 Å². The molecule has 2 unspecified atom stereocenters. The van der Waals surface area contributed by atoms with E-state index in [4.69, 9.17) is 32.8 Å². The summed E-state index contributed by atoms with van der Waals surface area (Å²) in [5.74, 6) is 3.66. The molecule has 0 spiro atoms. The van der Waals surface area contributed by atoms with E-state index >= 15 is 0 Å². The van der Waals surface area contributed by atoms with Gasteiger partial charge in [0, 0.05) is 6.07 Å². The predicted octanol–water partition coefficient (Wildman–Crippen LogP) is 6.36. The minimum Gasteiger partial charge on any atom is -0.493 e. The van der Waals surface area contributed by atoms with E-state index in [1.165, 1.54) is 0 Å². The van der Waals surface area contributed by atoms with Crippen molar-refractivity contribution in [3.05, 3.63) is 48.6 Å². The van der Waals surface area contributed by atoms with Crippen LogP contribution in [0.1, 0.15) is 33.3 Å². The topological polar surface area (TPSA) is 64.6 Å². The molecule has 0 saturated heterocycles. The Morgan fingerprint density at radius 3 is 2.14 bits per heavy atom. The summed E-state index contributed by atoms with van der Waals surface area (Å²) >= 11 is 0. The van der Waals surface area contributed by atoms with E-state index in [2.05, 4.69) is 27.4 Å². The fourth-order valence-electron chi connectivity index (χ4n) is 4.12. The number of rotatable bonds is 14. The summed E-state index contributed by atoms with van der Waals surface area (Å²) < 4.78 is 41.9. The standard InChI is InChI=1S/C27H38O7Si/c1-8-12-20-15-24(28-6)26(25(16-20)29-7)32-19(5)27(34-35(9-2,10-3)11-4)33-21-13-14-22-23(17-21)31-18-30-22/h8,13-17,19,27H,1,9-12,18H2,2-7H3. The van der Waals surface area contributed by atoms with Gasteiger partial charge in [-0.05, 0) is 61.3 Å². The average molecular weight is 503 g/mol. The van der Waals surface area contributed by atoms with E-state index in [1.807, 2.05) is 43.3 Å². The number of methoxy groups -OCH3 is 2. The maximum atomic E-state index is 6.78. The third-order valence-electron chi connectivity index (χ3n) is 6.48. The summed E-state index contributed by atoms with van der Waals surface area (Å²) in [5, 5.41) is 0. The number of allylic oxidation sites excluding steroid dienone is 1. The predicted molar refractivity (Wildman–Crippen MR) is 139 cm³/mol. The molecule has 2 atom stereocenters. The Kier molecular flexibility index (Phi) is 9.34. The molecule has 1 heterocycles. The molecule has 0 radical (unpaired) electrons. The second-order valence-electron chi connectivity index (χ2n) is 8.51. The number of ether oxygens (including phenoxy) is 6. The Balaban J connectivity index is 1.93. The van der Waals surface area contributed by atoms with Gasteiger partial charge in [-0.1, -0.05) is 26.8 Å². The quantitative estimate of drug-likeness (QED) is 0.169. The van der Waals surface area contributed by atoms with Crippen LogP contribution in [-0.2, 0) is 10.8 Å². The zero-order valence-electron chi connectivity index (χ0n) is 21.7. The third-order valence-corrected chi connectivity index (χ3v) is 11.1. The zero-order valence-corrected chi connectivity index (χ0v) is 22.7. The minimum atomic E-state index is -2.03. The minimum absolute atomic E-state index is 0.206. The molecule has 7 nitrogen and oxygen atoms in total. The second-order valence-corrected chi connectivity index (χ2v) is 13.2. The molecule has 0 bridgehead atoms. The van der Waals surface area contributed by atoms with Gasteiger partial charge in [0.1, 0.15) is 5.75 Å². The lowest BCUT2D eigenvalue weighted by Gasteiger charge is -2.36. The van der Waals surface area contributed by atoms with Crippen LogP contribution in [0.4, 0.5) is 0 Å². The summed E-state index contributed by atoms with van der Waals surface area (Å²) in [5.41, 5.74) is 1.02. The van der Waals surface area contributed by atoms with Gasteiger partial charge < -0.3 is 32.8 Å². The van der Waals surface area contributed by atoms with Gasteiger partial charge in [-0.2, -0.15) is 0 Å². The van der Waals surface area contributed by atoms with Crippen LogP contribution in [0.5, 0.6) is 34.5 Å². The molecule has 0 saturated carbocycles. The molecule has 0 amide bonds. The first-order chi connectivity index (χ1) is 16.9. The van der Waals surface area contributed by atoms with Crippen LogP contribution in [-0.4, -0.2) is 41.7 Å². The summed E-state index contributed by atoms with van der Waals surface area (Å²) in [6.07, 6.45) is 1.42. The molecule has 0 aliphatic carbocycles. The highest BCUT2D eigenvalue weighted by atomic mass is 28.4. The van der Waals surface area contributed by atoms with Crippen LogP contribution in [0.15, 0.2) is 43.0 Å². The highest BCUT2D eigenvalue weighted by Gasteiger charge is 2.37. The summed E-state index contributed by atoms with van der Waals surface area (Å²) in [6, 6.07) is 12.3. The highest BCUT2D eigenvalue weighted by molar-refractivity contribution is 6.73. The van der Waals surface area contributed by atoms with Crippen LogP contribution < -0.4 is 28.4 Å². The highest BCUT2D eigenvalue weighted by Crippen LogP contribution is 2.41. The van der Waals surface area contributed by atoms with E-state index in [9.17, 15) is 0 Å². The number of fused-ring (bicyclic) bond motifs is 1. The Morgan fingerprint density at radius 1 is 0.943 bits per heavy atom. The van der Waals surface area contributed by atoms with Crippen molar-refractivity contribution in [3.8, 4) is 34.5 Å². The van der Waals surface area contributed by atoms with Gasteiger partial charge in [-0.15, -0.1) is 6.58 Å². The smallest absolute Gasteiger partial charge is 0.231 e. The van der Waals surface area contributed by atoms with E-state index in [-0.39, 0.29) is 6.79 Å². The van der Waals surface area contributed by atoms with Crippen molar-refractivity contribution in [2.45, 2.75) is 64.6 Å². The molecule has 0 fully saturated rings. The van der Waals surface area contributed by atoms with E-state index in [1.54, 1.807) is 14.2 Å². The molecule has 192 valence electrons. The van der Waals surface area contributed by atoms with Crippen molar-refractivity contribution < 1.29 is 32.8 Å². The molecule has 3 rings (SSSR count). The first-order valence-corrected chi connectivity index (χ1v) is 14.7. The summed E-state index contributed by atoms with van der Waals surface area (Å²) in [6.45, 7) is 12.5. The maximum Gasteiger partial charge on any atom is 0.231 e. The van der Waals surface area contributed by atoms with Crippen LogP contribution in [0.3, 0.4) is 0 Å². The Morgan fingerprint density at radius 2 is 1.57 bits per heavy atom. The van der Waals surface area contributed by atoms with E-state index in [0.717, 1.165) is 23.7 Å². The van der Waals surface area contributed by atoms with Gasteiger partial charge in [-0.25, -0.2) is 0 Å². The zero-order chi connectivity index (χ0) is 25.4. The lowest BCUT2D eigenvalue weighted by atomic mass is 10.1. The Hall–Kier alpha value is -2.84. The largest absolute Gasteiger partial charge is 0.493 e. The van der Waals surface area contributed by atoms with Gasteiger partial charge in [0.2, 0.25) is 18.8 Å². The van der Waals surface area contributed by atoms with E-state index < -0.39 is 20.7 Å². The summed E-state index contributed by atoms with van der Waals surface area (Å²) in [4.78, 5) is 0. The molecule has 1 aliphatic rings. The normalized spacial score (nSPS) is 14.2. The fourth-order valence-corrected chi connectivity index (χ4v) is 6.86. The molecule has 2 aromatic rings. The third kappa shape index (κ3) is 6.24. The molecule has 0 N–H and O–H groups in total. The molecule has 2 aromatic carbocycles. The maximum absolute atomic E-state index is 6.78. The number of hydrogen-bond acceptors (Lipinski definition) is 7. The van der Waals surface area contributed by atoms with Crippen LogP contribution in [0.25, 0.3) is 0 Å². The molecule has 8 heteroatoms. The van der Waals surface area contributed by atoms with Crippen molar-refractivity contribution in [1.82, 2.24) is 0 Å². The number of hydrogen-bond donors (Lipinski definition) is 0. The van der Waals surface area contributed by atoms with Gasteiger partial charge >= 0.3 is 0 Å². The first kappa shape index (κ1) is 26.8. The van der Waals surface area contributed by atoms with E-state index in [0.29, 0.717) is 40.9 Å². The molecular weight excluding hydrogens is 464 g/mol. The van der Waals surface area contributed by atoms with Gasteiger partial charge in [0.05, 0.1) is 14.2 Å². The van der Waals surface area contributed by atoms with Crippen LogP contribution in [0, 0.1) is 0 Å². The van der Waals surface area contributed by atoms with Crippen molar-refractivity contribution in [2.24, 2.45) is 0 Å². The molecule has 1 aliphatic heterocycles. The molecular formula is C27H38O7Si. The Bertz CT molecular complexity index is 956. The van der Waals surface area contributed by atoms with Crippen LogP contribution in [0.2, 0.25) is 18.1 Å². The van der Waals surface area contributed by atoms with Crippen molar-refractivity contribution in [1.29, 1.82) is 0 Å². The summed E-state index contributed by atoms with van der Waals surface area (Å²) in [7, 11) is 1.20. The Labute approximate surface area is 210 Å². The lowest BCUT2D eigenvalue weighted by Crippen LogP contribution is -2.47. The molecule has 0 aromatic heterocycles. The van der Waals surface area contributed by atoms with Gasteiger partial charge in [0.25, 0.3) is 0 Å². The van der Waals surface area contributed by atoms with Gasteiger partial charge in [0.15, 0.2) is 37.4 Å². The van der Waals surface area contributed by atoms with Crippen molar-refractivity contribution in [2.75, 3.05) is 21.0 Å². The lowest BCUT2D eigenvalue weighted by molar-refractivity contribution is -0.0760. The molecule has 35 heavy (non-hydrogen) atoms. The number of benzene rings is 2. The van der Waals surface area contributed by atoms with Gasteiger partial charge in [-0.3, -0.25) is 0 Å². The van der Waals surface area contributed by atoms with Crippen molar-refractivity contribution >= 4 is 8.32 Å². The average Bonchev–Trinajstić information content (AvgIpc) is 3.35. The SMILES string of the molecule is C=CCc1cc(OC)c(OC(C)C(Oc2ccc3c(c2)OCO3)O[Si](CC)(CC)CC)c(OC)c1. The van der Waals surface area contributed by atoms with Crippen molar-refractivity contribution in [3.63, 3.8) is 0 Å². The second kappa shape index (κ2) is 12.2. The fraction of sp³-hybridized carbons (Fsp3) is 0.481. The first-order valence-electron chi connectivity index (χ1n) is 12.2. The monoisotopic (exact) mass is 502 g/mol.